The van der Waals surface area contributed by atoms with Crippen molar-refractivity contribution >= 4 is 63.0 Å². The van der Waals surface area contributed by atoms with Gasteiger partial charge < -0.3 is 24.1 Å². The number of halogens is 1. The summed E-state index contributed by atoms with van der Waals surface area (Å²) in [6.45, 7) is 66.5. The van der Waals surface area contributed by atoms with Gasteiger partial charge in [0.05, 0.1) is 30.8 Å². The van der Waals surface area contributed by atoms with E-state index in [1.807, 2.05) is 64.2 Å². The van der Waals surface area contributed by atoms with Gasteiger partial charge in [-0.3, -0.25) is 24.0 Å². The van der Waals surface area contributed by atoms with Crippen molar-refractivity contribution in [2.24, 2.45) is 152 Å². The van der Waals surface area contributed by atoms with Crippen LogP contribution in [0.2, 0.25) is 0 Å². The van der Waals surface area contributed by atoms with E-state index < -0.39 is 27.1 Å². The molecule has 9 saturated carbocycles. The summed E-state index contributed by atoms with van der Waals surface area (Å²) in [4.78, 5) is 124. The molecule has 0 unspecified atom stereocenters. The standard InChI is InChI=1S/C33H44N2O4.C32H41N3O3.C30H38ClNO3.3CH4/c1-19(35-39)15-26(37)33-13-11-29(3,4)17-22(33)27-24(36)16-25-30(5)18-23(34-8)28(38)20(2)21(30)9-10-31(25,6)32(27,7)12-14-33;1-18-20-9-10-30(6)24(29(20,5)17-22(33-8)26(18)37)15-23(36)25-21-16-28(3,4)11-13-32(21,14-12-31(25,30)7)27-34-19(2)35-38-27;1-17-18-8-9-28(5)22(27(18,4)16-20(32-7)24(17)34)14-21(33)23-19-15-26(2,3)10-12-30(19,25(31)35)13-11-29(23,28)6;;;/h16,18,20-22,27,39H,9-15,17H2,1-7H3;15,17-18,20-21,25H,9-14,16H2,1-7H3;14,16-19,23H,8-13,15H2,1-6H3;3*1H4/b35-19+;;;;;/t20-,21-,22-,27-,30-,31+,32+,33-;18-,20-,21-,25-,29-,30+,31+,32-;17-,18-,19-,23-,27-,28+,29+,30-;;;/m000.../s1/i;;;2*1T;. The summed E-state index contributed by atoms with van der Waals surface area (Å²) >= 11 is 6.35. The molecule has 9 fully saturated rings. The Labute approximate surface area is 695 Å². The first kappa shape index (κ1) is 86.0. The van der Waals surface area contributed by atoms with E-state index in [2.05, 4.69) is 129 Å². The molecular weight excluding hydrogens is 1460 g/mol. The second kappa shape index (κ2) is 28.7. The van der Waals surface area contributed by atoms with Crippen LogP contribution in [-0.2, 0) is 43.8 Å². The second-order valence-corrected chi connectivity index (χ2v) is 43.8. The maximum Gasteiger partial charge on any atom is 0.233 e. The van der Waals surface area contributed by atoms with Crippen molar-refractivity contribution in [3.63, 3.8) is 0 Å². The van der Waals surface area contributed by atoms with Gasteiger partial charge in [0.25, 0.3) is 0 Å². The molecular formula is C98H135ClN6O10. The van der Waals surface area contributed by atoms with E-state index >= 15 is 0 Å². The van der Waals surface area contributed by atoms with Crippen LogP contribution < -0.4 is 0 Å². The monoisotopic (exact) mass is 1600 g/mol. The van der Waals surface area contributed by atoms with Crippen LogP contribution in [0.25, 0.3) is 14.5 Å². The van der Waals surface area contributed by atoms with Crippen LogP contribution in [0.3, 0.4) is 0 Å². The highest BCUT2D eigenvalue weighted by atomic mass is 35.5. The lowest BCUT2D eigenvalue weighted by Crippen LogP contribution is -2.65. The number of fused-ring (bicyclic) bond motifs is 21. The number of oxime groups is 1. The maximum absolute atomic E-state index is 14.5. The third-order valence-corrected chi connectivity index (χ3v) is 37.3. The Balaban J connectivity index is 0.000000168. The fourth-order valence-corrected chi connectivity index (χ4v) is 30.2. The molecule has 24 atom stereocenters. The Hall–Kier alpha value is -6.83. The number of ketones is 7. The van der Waals surface area contributed by atoms with Gasteiger partial charge in [0, 0.05) is 71.7 Å². The molecule has 16 rings (SSSR count). The minimum absolute atomic E-state index is 0. The van der Waals surface area contributed by atoms with Gasteiger partial charge in [-0.1, -0.05) is 192 Å². The van der Waals surface area contributed by atoms with Crippen molar-refractivity contribution in [2.75, 3.05) is 0 Å². The Morgan fingerprint density at radius 2 is 0.809 bits per heavy atom. The molecule has 17 heteroatoms. The van der Waals surface area contributed by atoms with Crippen LogP contribution >= 0.6 is 11.6 Å². The van der Waals surface area contributed by atoms with E-state index in [9.17, 15) is 43.6 Å². The van der Waals surface area contributed by atoms with Gasteiger partial charge in [-0.2, -0.15) is 4.98 Å². The zero-order chi connectivity index (χ0) is 86.0. The van der Waals surface area contributed by atoms with Crippen LogP contribution in [0.4, 0.5) is 0 Å². The van der Waals surface area contributed by atoms with Crippen LogP contribution in [0.5, 0.6) is 0 Å². The lowest BCUT2D eigenvalue weighted by molar-refractivity contribution is -0.176. The van der Waals surface area contributed by atoms with Crippen LogP contribution in [0, 0.1) is 173 Å². The maximum atomic E-state index is 14.5. The first-order chi connectivity index (χ1) is 54.0. The summed E-state index contributed by atoms with van der Waals surface area (Å²) in [5.74, 6) is 0.764. The summed E-state index contributed by atoms with van der Waals surface area (Å²) in [6.07, 6.45) is 30.0. The molecule has 15 aliphatic carbocycles. The summed E-state index contributed by atoms with van der Waals surface area (Å²) in [6, 6.07) is 0. The van der Waals surface area contributed by atoms with Crippen LogP contribution in [-0.4, -0.2) is 66.8 Å². The van der Waals surface area contributed by atoms with E-state index in [1.165, 1.54) is 14.8 Å². The molecule has 0 spiro atoms. The van der Waals surface area contributed by atoms with Gasteiger partial charge in [-0.05, 0) is 263 Å². The van der Waals surface area contributed by atoms with Gasteiger partial charge >= 0.3 is 0 Å². The summed E-state index contributed by atoms with van der Waals surface area (Å²) in [7, 11) is 2.50. The summed E-state index contributed by atoms with van der Waals surface area (Å²) in [5, 5.41) is 16.5. The molecule has 0 aromatic carbocycles. The van der Waals surface area contributed by atoms with Crippen LogP contribution in [0.1, 0.15) is 309 Å². The number of hydrogen-bond donors (Lipinski definition) is 1. The van der Waals surface area contributed by atoms with Gasteiger partial charge in [0.15, 0.2) is 40.5 Å². The number of allylic oxidation sites excluding steroid dienone is 12. The minimum atomic E-state index is -0.608. The van der Waals surface area contributed by atoms with Gasteiger partial charge in [-0.25, -0.2) is 14.5 Å². The van der Waals surface area contributed by atoms with Crippen molar-refractivity contribution in [2.45, 2.75) is 307 Å². The van der Waals surface area contributed by atoms with Gasteiger partial charge in [0.1, 0.15) is 5.78 Å². The predicted molar refractivity (Wildman–Crippen MR) is 450 cm³/mol. The van der Waals surface area contributed by atoms with Crippen molar-refractivity contribution in [1.29, 1.82) is 0 Å². The third-order valence-electron chi connectivity index (χ3n) is 37.0. The highest BCUT2D eigenvalue weighted by Crippen LogP contribution is 2.79. The number of hydrogen-bond acceptors (Lipinski definition) is 13. The number of aryl methyl sites for hydroxylation is 1. The highest BCUT2D eigenvalue weighted by Gasteiger charge is 2.75. The van der Waals surface area contributed by atoms with Gasteiger partial charge in [0.2, 0.25) is 28.2 Å². The zero-order valence-corrected chi connectivity index (χ0v) is 73.4. The number of Topliss-reactive ketones (excluding diaryl/α,β-unsaturated/α-hetero) is 4. The Morgan fingerprint density at radius 1 is 0.496 bits per heavy atom. The molecule has 15 aliphatic rings. The van der Waals surface area contributed by atoms with E-state index in [1.54, 1.807) is 6.92 Å². The molecule has 0 saturated heterocycles. The number of nitrogens with zero attached hydrogens (tertiary/aromatic N) is 6. The molecule has 1 N–H and O–H groups in total. The zero-order valence-electron chi connectivity index (χ0n) is 74.6. The van der Waals surface area contributed by atoms with Gasteiger partial charge in [-0.15, -0.1) is 0 Å². The highest BCUT2D eigenvalue weighted by molar-refractivity contribution is 6.64. The third kappa shape index (κ3) is 12.2. The topological polar surface area (TPSA) is 221 Å². The van der Waals surface area contributed by atoms with Crippen molar-refractivity contribution < 1.29 is 50.8 Å². The van der Waals surface area contributed by atoms with E-state index in [0.29, 0.717) is 11.5 Å². The smallest absolute Gasteiger partial charge is 0.233 e. The fraction of sp³-hybridized carbons (Fsp3) is 0.735. The van der Waals surface area contributed by atoms with Crippen molar-refractivity contribution in [1.82, 2.24) is 10.1 Å². The number of rotatable bonds is 5. The lowest BCUT2D eigenvalue weighted by Gasteiger charge is -2.68. The Bertz CT molecular complexity index is 4700. The van der Waals surface area contributed by atoms with Crippen molar-refractivity contribution in [3.8, 4) is 0 Å². The first-order valence-corrected chi connectivity index (χ1v) is 42.8. The Morgan fingerprint density at radius 3 is 1.16 bits per heavy atom. The molecule has 0 bridgehead atoms. The Kier molecular flexibility index (Phi) is 21.5. The average molecular weight is 1600 g/mol. The van der Waals surface area contributed by atoms with Crippen LogP contribution in [0.15, 0.2) is 79.9 Å². The van der Waals surface area contributed by atoms with E-state index in [0.717, 1.165) is 157 Å². The van der Waals surface area contributed by atoms with E-state index in [-0.39, 0.29) is 202 Å². The normalized spacial score (nSPS) is 45.1. The number of carbonyl (C=O) groups is 8. The first-order valence-electron chi connectivity index (χ1n) is 44.4. The largest absolute Gasteiger partial charge is 0.411 e. The average Bonchev–Trinajstić information content (AvgIpc) is 0.974. The number of carbonyl (C=O) groups excluding carboxylic acids is 8. The summed E-state index contributed by atoms with van der Waals surface area (Å²) in [5.41, 5.74) is 0.171. The van der Waals surface area contributed by atoms with E-state index in [4.69, 9.17) is 43.6 Å². The van der Waals surface area contributed by atoms with Crippen molar-refractivity contribution in [3.05, 3.63) is 116 Å². The predicted octanol–water partition coefficient (Wildman–Crippen LogP) is 22.6. The molecule has 0 radical (unpaired) electrons. The molecule has 115 heavy (non-hydrogen) atoms. The minimum Gasteiger partial charge on any atom is -0.411 e. The number of aromatic nitrogens is 2. The molecule has 16 nitrogen and oxygen atoms in total. The summed E-state index contributed by atoms with van der Waals surface area (Å²) < 4.78 is 17.4. The molecule has 1 aromatic rings. The SMILES string of the molecule is C.[3H]C.[3H]C.[C-]#[N+]C1=C[C@]2(C)C3=CC(=O)[C@@H]4[C@@H]5CC(C)(C)CC[C@]5(C(=O)C/C(C)=N/O)CC[C@@]4(C)[C@]3(C)CC[C@H]2[C@H](C)C1=O.[C-]#[N+]C1=C[C@]2(C)C3=CC(=O)[C@@H]4[C@@H]5CC(C)(C)CC[C@]5(C(=O)Cl)CC[C@@]4(C)[C@]3(C)CC[C@H]2[C@H](C)C1=O.[C-]#[N+]C1=C[C@]2(C)C3=CC(=O)[C@@H]4[C@@H]5CC(C)(C)CC[C@]5(c5nc(C)no5)CC[C@@]4(C)[C@]3(C)CC[C@H]2[C@H](C)C1=O. The molecule has 624 valence electrons. The molecule has 1 heterocycles. The quantitative estimate of drug-likeness (QED) is 0.0956. The fourth-order valence-electron chi connectivity index (χ4n) is 29.8. The lowest BCUT2D eigenvalue weighted by atomic mass is 9.34. The molecule has 0 aliphatic heterocycles. The molecule has 1 aromatic heterocycles. The molecule has 0 amide bonds. The second-order valence-electron chi connectivity index (χ2n) is 43.5.